The predicted molar refractivity (Wildman–Crippen MR) is 174 cm³/mol. The minimum Gasteiger partial charge on any atom is -0.493 e. The lowest BCUT2D eigenvalue weighted by Gasteiger charge is -2.31. The average molecular weight is 709 g/mol. The van der Waals surface area contributed by atoms with E-state index in [9.17, 15) is 9.59 Å². The van der Waals surface area contributed by atoms with Gasteiger partial charge in [0.1, 0.15) is 0 Å². The van der Waals surface area contributed by atoms with Gasteiger partial charge in [0.15, 0.2) is 27.8 Å². The zero-order valence-corrected chi connectivity index (χ0v) is 27.1. The maximum absolute atomic E-state index is 14.2. The topological polar surface area (TPSA) is 88.3 Å². The number of halogens is 1. The van der Waals surface area contributed by atoms with Crippen LogP contribution in [0.15, 0.2) is 70.0 Å². The van der Waals surface area contributed by atoms with Gasteiger partial charge in [-0.05, 0) is 95.0 Å². The Morgan fingerprint density at radius 1 is 1.07 bits per heavy atom. The molecule has 6 rings (SSSR count). The number of methoxy groups -OCH3 is 2. The molecule has 2 aliphatic rings. The van der Waals surface area contributed by atoms with Gasteiger partial charge in [0.25, 0.3) is 5.56 Å². The van der Waals surface area contributed by atoms with Crippen LogP contribution in [0.25, 0.3) is 11.8 Å². The first kappa shape index (κ1) is 29.2. The van der Waals surface area contributed by atoms with E-state index in [1.807, 2.05) is 43.3 Å². The van der Waals surface area contributed by atoms with Gasteiger partial charge < -0.3 is 18.9 Å². The van der Waals surface area contributed by atoms with Crippen molar-refractivity contribution >= 4 is 51.7 Å². The molecule has 1 aliphatic heterocycles. The van der Waals surface area contributed by atoms with Crippen LogP contribution in [-0.2, 0) is 11.2 Å². The third-order valence-corrected chi connectivity index (χ3v) is 9.26. The number of ether oxygens (including phenoxy) is 4. The number of hydrogen-bond donors (Lipinski definition) is 0. The van der Waals surface area contributed by atoms with E-state index >= 15 is 0 Å². The molecule has 220 valence electrons. The number of thiazole rings is 1. The van der Waals surface area contributed by atoms with E-state index in [0.29, 0.717) is 42.5 Å². The second kappa shape index (κ2) is 12.0. The minimum absolute atomic E-state index is 0.133. The SMILES string of the molecule is CCOc1cc(/C=c2/sc3n(c2=O)[C@@H](c2ccc(OC)c(OC)c2)C2=C(N=3)c3ccccc3CC2)cc(I)c1OC(C)=O. The Hall–Kier alpha value is -3.90. The maximum Gasteiger partial charge on any atom is 0.308 e. The number of carbonyl (C=O) groups is 1. The largest absolute Gasteiger partial charge is 0.493 e. The van der Waals surface area contributed by atoms with E-state index in [1.54, 1.807) is 24.9 Å². The molecular formula is C33H29IN2O6S. The highest BCUT2D eigenvalue weighted by atomic mass is 127. The fourth-order valence-corrected chi connectivity index (χ4v) is 7.41. The van der Waals surface area contributed by atoms with E-state index < -0.39 is 5.97 Å². The monoisotopic (exact) mass is 708 g/mol. The van der Waals surface area contributed by atoms with Gasteiger partial charge in [-0.15, -0.1) is 0 Å². The van der Waals surface area contributed by atoms with Crippen molar-refractivity contribution in [2.45, 2.75) is 32.7 Å². The molecule has 1 aromatic heterocycles. The predicted octanol–water partition coefficient (Wildman–Crippen LogP) is 5.26. The number of allylic oxidation sites excluding steroid dienone is 1. The fourth-order valence-electron chi connectivity index (χ4n) is 5.67. The molecule has 8 nitrogen and oxygen atoms in total. The number of fused-ring (bicyclic) bond motifs is 3. The van der Waals surface area contributed by atoms with Crippen molar-refractivity contribution in [1.82, 2.24) is 4.57 Å². The summed E-state index contributed by atoms with van der Waals surface area (Å²) in [5.41, 5.74) is 5.92. The molecule has 43 heavy (non-hydrogen) atoms. The lowest BCUT2D eigenvalue weighted by atomic mass is 9.83. The van der Waals surface area contributed by atoms with E-state index in [4.69, 9.17) is 23.9 Å². The smallest absolute Gasteiger partial charge is 0.308 e. The molecule has 0 saturated heterocycles. The number of aromatic nitrogens is 1. The van der Waals surface area contributed by atoms with Crippen LogP contribution >= 0.6 is 33.9 Å². The van der Waals surface area contributed by atoms with E-state index in [0.717, 1.165) is 40.8 Å². The molecule has 4 aromatic rings. The van der Waals surface area contributed by atoms with Crippen molar-refractivity contribution < 1.29 is 23.7 Å². The van der Waals surface area contributed by atoms with E-state index in [2.05, 4.69) is 40.8 Å². The molecule has 0 spiro atoms. The van der Waals surface area contributed by atoms with Crippen molar-refractivity contribution in [2.24, 2.45) is 4.99 Å². The van der Waals surface area contributed by atoms with Crippen molar-refractivity contribution in [3.63, 3.8) is 0 Å². The lowest BCUT2D eigenvalue weighted by Crippen LogP contribution is -2.38. The summed E-state index contributed by atoms with van der Waals surface area (Å²) in [7, 11) is 3.22. The lowest BCUT2D eigenvalue weighted by molar-refractivity contribution is -0.132. The van der Waals surface area contributed by atoms with Gasteiger partial charge in [-0.3, -0.25) is 14.2 Å². The third-order valence-electron chi connectivity index (χ3n) is 7.47. The molecule has 0 radical (unpaired) electrons. The summed E-state index contributed by atoms with van der Waals surface area (Å²) >= 11 is 3.47. The van der Waals surface area contributed by atoms with Gasteiger partial charge in [0.2, 0.25) is 0 Å². The Morgan fingerprint density at radius 3 is 2.60 bits per heavy atom. The summed E-state index contributed by atoms with van der Waals surface area (Å²) in [4.78, 5) is 31.6. The highest BCUT2D eigenvalue weighted by Gasteiger charge is 2.33. The van der Waals surface area contributed by atoms with Gasteiger partial charge in [-0.25, -0.2) is 4.99 Å². The Morgan fingerprint density at radius 2 is 1.86 bits per heavy atom. The summed E-state index contributed by atoms with van der Waals surface area (Å²) in [6, 6.07) is 17.4. The first-order valence-electron chi connectivity index (χ1n) is 13.8. The zero-order valence-electron chi connectivity index (χ0n) is 24.1. The van der Waals surface area contributed by atoms with Crippen molar-refractivity contribution in [3.05, 3.63) is 106 Å². The van der Waals surface area contributed by atoms with E-state index in [-0.39, 0.29) is 11.6 Å². The molecule has 0 amide bonds. The first-order valence-corrected chi connectivity index (χ1v) is 15.7. The van der Waals surface area contributed by atoms with Crippen molar-refractivity contribution in [1.29, 1.82) is 0 Å². The molecule has 0 N–H and O–H groups in total. The van der Waals surface area contributed by atoms with Crippen LogP contribution in [0.3, 0.4) is 0 Å². The standard InChI is InChI=1S/C33H29IN2O6S/c1-5-41-27-15-19(14-24(34)31(27)42-18(2)37)16-28-32(38)36-30(21-11-13-25(39-3)26(17-21)40-4)23-12-10-20-8-6-7-9-22(20)29(23)35-33(36)43-28/h6-9,11,13-17,30H,5,10,12H2,1-4H3/b28-16+/t30-/m0/s1. The zero-order chi connectivity index (χ0) is 30.2. The fraction of sp³-hybridized carbons (Fsp3) is 0.242. The number of aryl methyl sites for hydroxylation is 1. The Balaban J connectivity index is 1.57. The summed E-state index contributed by atoms with van der Waals surface area (Å²) < 4.78 is 25.4. The minimum atomic E-state index is -0.430. The molecule has 0 saturated carbocycles. The number of carbonyl (C=O) groups excluding carboxylic acids is 1. The van der Waals surface area contributed by atoms with Gasteiger partial charge in [0, 0.05) is 12.5 Å². The molecule has 2 heterocycles. The highest BCUT2D eigenvalue weighted by molar-refractivity contribution is 14.1. The van der Waals surface area contributed by atoms with Gasteiger partial charge in [-0.1, -0.05) is 41.7 Å². The van der Waals surface area contributed by atoms with Crippen LogP contribution in [0.1, 0.15) is 48.6 Å². The van der Waals surface area contributed by atoms with Crippen LogP contribution in [0, 0.1) is 3.57 Å². The normalized spacial score (nSPS) is 15.7. The van der Waals surface area contributed by atoms with Crippen LogP contribution in [0.5, 0.6) is 23.0 Å². The van der Waals surface area contributed by atoms with Crippen molar-refractivity contribution in [2.75, 3.05) is 20.8 Å². The molecule has 10 heteroatoms. The molecule has 0 unspecified atom stereocenters. The molecule has 3 aromatic carbocycles. The molecule has 1 atom stereocenters. The summed E-state index contributed by atoms with van der Waals surface area (Å²) in [6.45, 7) is 3.62. The van der Waals surface area contributed by atoms with Crippen molar-refractivity contribution in [3.8, 4) is 23.0 Å². The van der Waals surface area contributed by atoms with Gasteiger partial charge in [0.05, 0.1) is 40.7 Å². The number of hydrogen-bond acceptors (Lipinski definition) is 8. The third kappa shape index (κ3) is 5.38. The maximum atomic E-state index is 14.2. The number of nitrogens with zero attached hydrogens (tertiary/aromatic N) is 2. The molecular weight excluding hydrogens is 679 g/mol. The Kier molecular flexibility index (Phi) is 8.15. The summed E-state index contributed by atoms with van der Waals surface area (Å²) in [5.74, 6) is 1.61. The first-order chi connectivity index (χ1) is 20.8. The second-order valence-corrected chi connectivity index (χ2v) is 12.3. The molecule has 1 aliphatic carbocycles. The Labute approximate surface area is 266 Å². The van der Waals surface area contributed by atoms with E-state index in [1.165, 1.54) is 23.8 Å². The van der Waals surface area contributed by atoms with Gasteiger partial charge >= 0.3 is 5.97 Å². The van der Waals surface area contributed by atoms with Crippen LogP contribution in [-0.4, -0.2) is 31.4 Å². The quantitative estimate of drug-likeness (QED) is 0.148. The highest BCUT2D eigenvalue weighted by Crippen LogP contribution is 2.43. The van der Waals surface area contributed by atoms with Crippen LogP contribution < -0.4 is 33.8 Å². The molecule has 0 bridgehead atoms. The van der Waals surface area contributed by atoms with Crippen LogP contribution in [0.4, 0.5) is 0 Å². The second-order valence-electron chi connectivity index (χ2n) is 10.1. The Bertz CT molecular complexity index is 1980. The molecule has 0 fully saturated rings. The van der Waals surface area contributed by atoms with Crippen LogP contribution in [0.2, 0.25) is 0 Å². The van der Waals surface area contributed by atoms with Gasteiger partial charge in [-0.2, -0.15) is 0 Å². The summed E-state index contributed by atoms with van der Waals surface area (Å²) in [6.07, 6.45) is 3.49. The number of benzene rings is 3. The number of esters is 1. The number of rotatable bonds is 7. The summed E-state index contributed by atoms with van der Waals surface area (Å²) in [5, 5.41) is 0. The average Bonchev–Trinajstić information content (AvgIpc) is 3.31.